The zero-order valence-corrected chi connectivity index (χ0v) is 9.60. The van der Waals surface area contributed by atoms with E-state index in [1.165, 1.54) is 6.07 Å². The van der Waals surface area contributed by atoms with Crippen molar-refractivity contribution in [2.45, 2.75) is 6.54 Å². The van der Waals surface area contributed by atoms with Crippen LogP contribution < -0.4 is 5.32 Å². The fourth-order valence-electron chi connectivity index (χ4n) is 1.81. The molecule has 0 atom stereocenters. The van der Waals surface area contributed by atoms with E-state index >= 15 is 0 Å². The van der Waals surface area contributed by atoms with Crippen LogP contribution in [0.25, 0.3) is 0 Å². The van der Waals surface area contributed by atoms with Gasteiger partial charge < -0.3 is 10.4 Å². The summed E-state index contributed by atoms with van der Waals surface area (Å²) in [5, 5.41) is 12.9. The minimum absolute atomic E-state index is 0.0274. The van der Waals surface area contributed by atoms with E-state index < -0.39 is 5.82 Å². The molecule has 0 aliphatic carbocycles. The van der Waals surface area contributed by atoms with Crippen LogP contribution in [0.15, 0.2) is 12.1 Å². The molecule has 5 heteroatoms. The van der Waals surface area contributed by atoms with E-state index in [1.807, 2.05) is 0 Å². The molecular weight excluding hydrogens is 231 g/mol. The third-order valence-electron chi connectivity index (χ3n) is 2.73. The van der Waals surface area contributed by atoms with Crippen molar-refractivity contribution in [2.75, 3.05) is 26.2 Å². The standard InChI is InChI=1S/C11H14ClFN2O/c12-9-5-8(11(16)6-10(9)13)7-15-3-1-14-2-4-15/h5-6,14,16H,1-4,7H2. The first-order valence-corrected chi connectivity index (χ1v) is 5.64. The summed E-state index contributed by atoms with van der Waals surface area (Å²) in [7, 11) is 0. The molecule has 1 saturated heterocycles. The highest BCUT2D eigenvalue weighted by molar-refractivity contribution is 6.30. The molecule has 1 aliphatic heterocycles. The van der Waals surface area contributed by atoms with Gasteiger partial charge in [0.2, 0.25) is 0 Å². The first kappa shape index (κ1) is 11.6. The Bertz CT molecular complexity index is 380. The Hall–Kier alpha value is -0.840. The molecule has 16 heavy (non-hydrogen) atoms. The van der Waals surface area contributed by atoms with Crippen molar-refractivity contribution in [3.8, 4) is 5.75 Å². The van der Waals surface area contributed by atoms with Crippen molar-refractivity contribution in [1.29, 1.82) is 0 Å². The Morgan fingerprint density at radius 2 is 2.06 bits per heavy atom. The van der Waals surface area contributed by atoms with E-state index in [0.717, 1.165) is 32.2 Å². The van der Waals surface area contributed by atoms with Gasteiger partial charge in [0.1, 0.15) is 11.6 Å². The van der Waals surface area contributed by atoms with Crippen LogP contribution in [0.3, 0.4) is 0 Å². The number of nitrogens with one attached hydrogen (secondary N) is 1. The Labute approximate surface area is 98.8 Å². The molecule has 2 rings (SSSR count). The maximum Gasteiger partial charge on any atom is 0.145 e. The highest BCUT2D eigenvalue weighted by atomic mass is 35.5. The van der Waals surface area contributed by atoms with Crippen LogP contribution in [0.4, 0.5) is 4.39 Å². The van der Waals surface area contributed by atoms with Gasteiger partial charge >= 0.3 is 0 Å². The average molecular weight is 245 g/mol. The number of rotatable bonds is 2. The molecule has 1 aromatic carbocycles. The summed E-state index contributed by atoms with van der Waals surface area (Å²) in [6.45, 7) is 4.34. The molecule has 0 radical (unpaired) electrons. The van der Waals surface area contributed by atoms with Gasteiger partial charge in [0.15, 0.2) is 0 Å². The van der Waals surface area contributed by atoms with Crippen LogP contribution in [-0.4, -0.2) is 36.2 Å². The lowest BCUT2D eigenvalue weighted by Crippen LogP contribution is -2.42. The summed E-state index contributed by atoms with van der Waals surface area (Å²) < 4.78 is 13.0. The SMILES string of the molecule is Oc1cc(F)c(Cl)cc1CN1CCNCC1. The van der Waals surface area contributed by atoms with Crippen molar-refractivity contribution >= 4 is 11.6 Å². The monoisotopic (exact) mass is 244 g/mol. The summed E-state index contributed by atoms with van der Waals surface area (Å²) in [6.07, 6.45) is 0. The molecular formula is C11H14ClFN2O. The number of phenolic OH excluding ortho intramolecular Hbond substituents is 1. The Kier molecular flexibility index (Phi) is 3.63. The number of benzene rings is 1. The Balaban J connectivity index is 2.11. The third kappa shape index (κ3) is 2.64. The molecule has 0 aromatic heterocycles. The number of hydrogen-bond donors (Lipinski definition) is 2. The molecule has 0 saturated carbocycles. The topological polar surface area (TPSA) is 35.5 Å². The largest absolute Gasteiger partial charge is 0.508 e. The fraction of sp³-hybridized carbons (Fsp3) is 0.455. The van der Waals surface area contributed by atoms with Crippen LogP contribution in [0.2, 0.25) is 5.02 Å². The number of piperazine rings is 1. The second kappa shape index (κ2) is 4.99. The number of nitrogens with zero attached hydrogens (tertiary/aromatic N) is 1. The van der Waals surface area contributed by atoms with Gasteiger partial charge in [-0.2, -0.15) is 0 Å². The molecule has 0 spiro atoms. The van der Waals surface area contributed by atoms with E-state index in [2.05, 4.69) is 10.2 Å². The van der Waals surface area contributed by atoms with Crippen molar-refractivity contribution in [3.63, 3.8) is 0 Å². The van der Waals surface area contributed by atoms with Crippen molar-refractivity contribution in [3.05, 3.63) is 28.5 Å². The molecule has 0 bridgehead atoms. The lowest BCUT2D eigenvalue weighted by Gasteiger charge is -2.27. The molecule has 1 fully saturated rings. The Morgan fingerprint density at radius 1 is 1.38 bits per heavy atom. The van der Waals surface area contributed by atoms with E-state index in [1.54, 1.807) is 0 Å². The van der Waals surface area contributed by atoms with Crippen LogP contribution in [0, 0.1) is 5.82 Å². The minimum atomic E-state index is -0.580. The summed E-state index contributed by atoms with van der Waals surface area (Å²) in [5.41, 5.74) is 0.674. The molecule has 0 unspecified atom stereocenters. The summed E-state index contributed by atoms with van der Waals surface area (Å²) in [6, 6.07) is 2.56. The van der Waals surface area contributed by atoms with Gasteiger partial charge in [-0.3, -0.25) is 4.90 Å². The van der Waals surface area contributed by atoms with Gasteiger partial charge in [-0.15, -0.1) is 0 Å². The van der Waals surface area contributed by atoms with Gasteiger partial charge in [-0.05, 0) is 6.07 Å². The van der Waals surface area contributed by atoms with Crippen molar-refractivity contribution in [1.82, 2.24) is 10.2 Å². The highest BCUT2D eigenvalue weighted by Crippen LogP contribution is 2.26. The second-order valence-electron chi connectivity index (χ2n) is 3.92. The molecule has 88 valence electrons. The molecule has 1 aliphatic rings. The molecule has 1 aromatic rings. The van der Waals surface area contributed by atoms with Gasteiger partial charge in [0, 0.05) is 44.4 Å². The predicted octanol–water partition coefficient (Wildman–Crippen LogP) is 1.59. The Morgan fingerprint density at radius 3 is 2.75 bits per heavy atom. The first-order valence-electron chi connectivity index (χ1n) is 5.27. The van der Waals surface area contributed by atoms with Gasteiger partial charge in [-0.25, -0.2) is 4.39 Å². The van der Waals surface area contributed by atoms with Crippen LogP contribution in [0.1, 0.15) is 5.56 Å². The van der Waals surface area contributed by atoms with E-state index in [4.69, 9.17) is 11.6 Å². The first-order chi connectivity index (χ1) is 7.66. The summed E-state index contributed by atoms with van der Waals surface area (Å²) in [5.74, 6) is -0.608. The molecule has 3 nitrogen and oxygen atoms in total. The third-order valence-corrected chi connectivity index (χ3v) is 3.01. The maximum atomic E-state index is 13.0. The highest BCUT2D eigenvalue weighted by Gasteiger charge is 2.14. The quantitative estimate of drug-likeness (QED) is 0.830. The van der Waals surface area contributed by atoms with Crippen LogP contribution in [0.5, 0.6) is 5.75 Å². The van der Waals surface area contributed by atoms with E-state index in [-0.39, 0.29) is 10.8 Å². The van der Waals surface area contributed by atoms with Crippen LogP contribution >= 0.6 is 11.6 Å². The zero-order valence-electron chi connectivity index (χ0n) is 8.84. The lowest BCUT2D eigenvalue weighted by molar-refractivity contribution is 0.230. The van der Waals surface area contributed by atoms with Crippen LogP contribution in [-0.2, 0) is 6.54 Å². The fourth-order valence-corrected chi connectivity index (χ4v) is 2.00. The molecule has 2 N–H and O–H groups in total. The number of hydrogen-bond acceptors (Lipinski definition) is 3. The van der Waals surface area contributed by atoms with E-state index in [9.17, 15) is 9.50 Å². The van der Waals surface area contributed by atoms with Gasteiger partial charge in [0.25, 0.3) is 0 Å². The lowest BCUT2D eigenvalue weighted by atomic mass is 10.1. The van der Waals surface area contributed by atoms with E-state index in [0.29, 0.717) is 12.1 Å². The predicted molar refractivity (Wildman–Crippen MR) is 61.2 cm³/mol. The number of phenols is 1. The number of halogens is 2. The molecule has 0 amide bonds. The normalized spacial score (nSPS) is 17.6. The maximum absolute atomic E-state index is 13.0. The summed E-state index contributed by atoms with van der Waals surface area (Å²) >= 11 is 5.69. The molecule has 1 heterocycles. The summed E-state index contributed by atoms with van der Waals surface area (Å²) in [4.78, 5) is 2.19. The number of aromatic hydroxyl groups is 1. The smallest absolute Gasteiger partial charge is 0.145 e. The second-order valence-corrected chi connectivity index (χ2v) is 4.33. The zero-order chi connectivity index (χ0) is 11.5. The minimum Gasteiger partial charge on any atom is -0.508 e. The van der Waals surface area contributed by atoms with Gasteiger partial charge in [0.05, 0.1) is 5.02 Å². The average Bonchev–Trinajstić information content (AvgIpc) is 2.27. The van der Waals surface area contributed by atoms with Gasteiger partial charge in [-0.1, -0.05) is 11.6 Å². The van der Waals surface area contributed by atoms with Crippen molar-refractivity contribution in [2.24, 2.45) is 0 Å². The van der Waals surface area contributed by atoms with Crippen molar-refractivity contribution < 1.29 is 9.50 Å².